The average molecular weight is 138 g/mol. The highest BCUT2D eigenvalue weighted by atomic mass is 15.3. The summed E-state index contributed by atoms with van der Waals surface area (Å²) in [5.74, 6) is 0. The SMILES string of the molecule is C1=NNCCC12CNC=N2. The fourth-order valence-corrected chi connectivity index (χ4v) is 1.24. The van der Waals surface area contributed by atoms with Gasteiger partial charge in [-0.1, -0.05) is 0 Å². The van der Waals surface area contributed by atoms with Crippen molar-refractivity contribution in [1.82, 2.24) is 10.7 Å². The Morgan fingerprint density at radius 1 is 1.50 bits per heavy atom. The molecule has 1 atom stereocenters. The molecule has 0 aliphatic carbocycles. The van der Waals surface area contributed by atoms with E-state index in [1.54, 1.807) is 6.34 Å². The number of aliphatic imine (C=N–C) groups is 1. The molecule has 0 bridgehead atoms. The molecule has 0 aromatic rings. The van der Waals surface area contributed by atoms with Gasteiger partial charge >= 0.3 is 0 Å². The maximum atomic E-state index is 4.30. The number of hydrogen-bond acceptors (Lipinski definition) is 4. The maximum Gasteiger partial charge on any atom is 0.118 e. The van der Waals surface area contributed by atoms with Crippen molar-refractivity contribution in [2.45, 2.75) is 12.0 Å². The van der Waals surface area contributed by atoms with E-state index < -0.39 is 0 Å². The van der Waals surface area contributed by atoms with Gasteiger partial charge in [-0.15, -0.1) is 0 Å². The summed E-state index contributed by atoms with van der Waals surface area (Å²) in [4.78, 5) is 4.30. The largest absolute Gasteiger partial charge is 0.374 e. The molecule has 2 N–H and O–H groups in total. The predicted molar refractivity (Wildman–Crippen MR) is 40.3 cm³/mol. The lowest BCUT2D eigenvalue weighted by molar-refractivity contribution is 0.496. The number of hydrazone groups is 1. The van der Waals surface area contributed by atoms with E-state index in [2.05, 4.69) is 20.8 Å². The Kier molecular flexibility index (Phi) is 1.12. The minimum absolute atomic E-state index is 0.0226. The van der Waals surface area contributed by atoms with Crippen LogP contribution in [0.1, 0.15) is 6.42 Å². The third-order valence-electron chi connectivity index (χ3n) is 1.89. The van der Waals surface area contributed by atoms with Crippen molar-refractivity contribution in [3.05, 3.63) is 0 Å². The summed E-state index contributed by atoms with van der Waals surface area (Å²) in [6, 6.07) is 0. The van der Waals surface area contributed by atoms with E-state index >= 15 is 0 Å². The van der Waals surface area contributed by atoms with Crippen LogP contribution in [0.3, 0.4) is 0 Å². The van der Waals surface area contributed by atoms with Gasteiger partial charge in [0.25, 0.3) is 0 Å². The number of nitrogens with zero attached hydrogens (tertiary/aromatic N) is 2. The highest BCUT2D eigenvalue weighted by molar-refractivity contribution is 5.77. The molecule has 0 amide bonds. The fourth-order valence-electron chi connectivity index (χ4n) is 1.24. The van der Waals surface area contributed by atoms with Crippen LogP contribution in [0.5, 0.6) is 0 Å². The van der Waals surface area contributed by atoms with Crippen molar-refractivity contribution < 1.29 is 0 Å². The second kappa shape index (κ2) is 1.97. The Labute approximate surface area is 59.4 Å². The molecule has 10 heavy (non-hydrogen) atoms. The van der Waals surface area contributed by atoms with E-state index in [0.717, 1.165) is 19.5 Å². The van der Waals surface area contributed by atoms with Crippen molar-refractivity contribution in [2.75, 3.05) is 13.1 Å². The van der Waals surface area contributed by atoms with E-state index in [-0.39, 0.29) is 5.54 Å². The summed E-state index contributed by atoms with van der Waals surface area (Å²) in [5, 5.41) is 7.06. The first-order valence-corrected chi connectivity index (χ1v) is 3.46. The van der Waals surface area contributed by atoms with Crippen LogP contribution in [0.2, 0.25) is 0 Å². The van der Waals surface area contributed by atoms with Crippen molar-refractivity contribution in [3.8, 4) is 0 Å². The normalized spacial score (nSPS) is 36.0. The second-order valence-electron chi connectivity index (χ2n) is 2.66. The van der Waals surface area contributed by atoms with Crippen molar-refractivity contribution in [3.63, 3.8) is 0 Å². The first-order valence-electron chi connectivity index (χ1n) is 3.46. The van der Waals surface area contributed by atoms with E-state index in [0.29, 0.717) is 0 Å². The van der Waals surface area contributed by atoms with Gasteiger partial charge in [-0.2, -0.15) is 5.10 Å². The monoisotopic (exact) mass is 138 g/mol. The fraction of sp³-hybridized carbons (Fsp3) is 0.667. The van der Waals surface area contributed by atoms with E-state index in [1.807, 2.05) is 6.21 Å². The minimum Gasteiger partial charge on any atom is -0.374 e. The lowest BCUT2D eigenvalue weighted by atomic mass is 9.98. The molecule has 1 spiro atoms. The van der Waals surface area contributed by atoms with Gasteiger partial charge in [-0.25, -0.2) is 0 Å². The molecule has 2 rings (SSSR count). The molecule has 2 aliphatic rings. The summed E-state index contributed by atoms with van der Waals surface area (Å²) in [5.41, 5.74) is 2.88. The molecule has 0 aromatic carbocycles. The van der Waals surface area contributed by atoms with Crippen LogP contribution in [0, 0.1) is 0 Å². The zero-order valence-electron chi connectivity index (χ0n) is 5.67. The van der Waals surface area contributed by atoms with Crippen LogP contribution in [0.4, 0.5) is 0 Å². The van der Waals surface area contributed by atoms with Gasteiger partial charge in [0.1, 0.15) is 5.54 Å². The molecule has 4 nitrogen and oxygen atoms in total. The van der Waals surface area contributed by atoms with Crippen LogP contribution in [0.15, 0.2) is 10.1 Å². The molecule has 2 heterocycles. The van der Waals surface area contributed by atoms with Gasteiger partial charge in [0, 0.05) is 13.1 Å². The quantitative estimate of drug-likeness (QED) is 0.466. The molecular weight excluding hydrogens is 128 g/mol. The van der Waals surface area contributed by atoms with E-state index in [1.165, 1.54) is 0 Å². The molecule has 0 saturated heterocycles. The van der Waals surface area contributed by atoms with Crippen molar-refractivity contribution >= 4 is 12.6 Å². The second-order valence-corrected chi connectivity index (χ2v) is 2.66. The zero-order valence-corrected chi connectivity index (χ0v) is 5.67. The molecular formula is C6H10N4. The van der Waals surface area contributed by atoms with Gasteiger partial charge < -0.3 is 10.7 Å². The molecule has 0 fully saturated rings. The van der Waals surface area contributed by atoms with Gasteiger partial charge in [-0.3, -0.25) is 4.99 Å². The molecule has 54 valence electrons. The zero-order chi connectivity index (χ0) is 6.86. The lowest BCUT2D eigenvalue weighted by Crippen LogP contribution is -2.40. The third-order valence-corrected chi connectivity index (χ3v) is 1.89. The summed E-state index contributed by atoms with van der Waals surface area (Å²) < 4.78 is 0. The van der Waals surface area contributed by atoms with E-state index in [4.69, 9.17) is 0 Å². The molecule has 0 saturated carbocycles. The van der Waals surface area contributed by atoms with Gasteiger partial charge in [0.15, 0.2) is 0 Å². The molecule has 4 heteroatoms. The van der Waals surface area contributed by atoms with Gasteiger partial charge in [-0.05, 0) is 6.42 Å². The van der Waals surface area contributed by atoms with Crippen LogP contribution >= 0.6 is 0 Å². The summed E-state index contributed by atoms with van der Waals surface area (Å²) >= 11 is 0. The minimum atomic E-state index is -0.0226. The van der Waals surface area contributed by atoms with Gasteiger partial charge in [0.05, 0.1) is 12.6 Å². The summed E-state index contributed by atoms with van der Waals surface area (Å²) in [6.07, 6.45) is 4.68. The first-order chi connectivity index (χ1) is 4.91. The summed E-state index contributed by atoms with van der Waals surface area (Å²) in [7, 11) is 0. The lowest BCUT2D eigenvalue weighted by Gasteiger charge is -2.23. The average Bonchev–Trinajstić information content (AvgIpc) is 2.39. The van der Waals surface area contributed by atoms with Crippen molar-refractivity contribution in [1.29, 1.82) is 0 Å². The highest BCUT2D eigenvalue weighted by Crippen LogP contribution is 2.16. The highest BCUT2D eigenvalue weighted by Gasteiger charge is 2.30. The Bertz CT molecular complexity index is 186. The molecule has 0 aromatic heterocycles. The topological polar surface area (TPSA) is 48.8 Å². The molecule has 2 aliphatic heterocycles. The van der Waals surface area contributed by atoms with Crippen LogP contribution in [0.25, 0.3) is 0 Å². The summed E-state index contributed by atoms with van der Waals surface area (Å²) in [6.45, 7) is 1.83. The van der Waals surface area contributed by atoms with E-state index in [9.17, 15) is 0 Å². The van der Waals surface area contributed by atoms with Gasteiger partial charge in [0.2, 0.25) is 0 Å². The first kappa shape index (κ1) is 5.70. The molecule has 0 radical (unpaired) electrons. The van der Waals surface area contributed by atoms with Crippen LogP contribution in [-0.4, -0.2) is 31.2 Å². The number of nitrogens with one attached hydrogen (secondary N) is 2. The molecule has 1 unspecified atom stereocenters. The van der Waals surface area contributed by atoms with Crippen LogP contribution in [-0.2, 0) is 0 Å². The number of rotatable bonds is 0. The third kappa shape index (κ3) is 0.761. The van der Waals surface area contributed by atoms with Crippen molar-refractivity contribution in [2.24, 2.45) is 10.1 Å². The predicted octanol–water partition coefficient (Wildman–Crippen LogP) is -0.664. The Balaban J connectivity index is 2.20. The smallest absolute Gasteiger partial charge is 0.118 e. The van der Waals surface area contributed by atoms with Crippen LogP contribution < -0.4 is 10.7 Å². The Morgan fingerprint density at radius 3 is 3.10 bits per heavy atom. The maximum absolute atomic E-state index is 4.30. The Hall–Kier alpha value is -1.06. The standard InChI is InChI=1S/C6H10N4/c1-2-9-10-4-6(1)3-7-5-8-6/h4-5,9H,1-3H2,(H,7,8). The Morgan fingerprint density at radius 2 is 2.50 bits per heavy atom. The number of hydrogen-bond donors (Lipinski definition) is 2.